The van der Waals surface area contributed by atoms with Gasteiger partial charge in [-0.1, -0.05) is 273 Å². The van der Waals surface area contributed by atoms with Crippen molar-refractivity contribution in [3.8, 4) is 0 Å². The average Bonchev–Trinajstić information content (AvgIpc) is 3.41. The molecule has 0 aliphatic rings. The minimum absolute atomic E-state index is 0.0144. The molecule has 3 heteroatoms. The summed E-state index contributed by atoms with van der Waals surface area (Å²) in [5.74, 6) is 0. The van der Waals surface area contributed by atoms with Gasteiger partial charge in [0.05, 0.1) is 16.2 Å². The van der Waals surface area contributed by atoms with Crippen LogP contribution in [0.25, 0.3) is 0 Å². The fourth-order valence-corrected chi connectivity index (χ4v) is 10.3. The van der Waals surface area contributed by atoms with Crippen LogP contribution in [0.5, 0.6) is 0 Å². The van der Waals surface area contributed by atoms with Crippen molar-refractivity contribution in [3.05, 3.63) is 323 Å². The quantitative estimate of drug-likeness (QED) is 0.0668. The van der Waals surface area contributed by atoms with E-state index in [9.17, 15) is 0 Å². The number of nitrogens with one attached hydrogen (secondary N) is 3. The van der Waals surface area contributed by atoms with Crippen LogP contribution in [-0.4, -0.2) is 38.8 Å². The van der Waals surface area contributed by atoms with E-state index in [-0.39, 0.29) is 6.04 Å². The average molecular weight is 858 g/mol. The largest absolute Gasteiger partial charge is 0.314 e. The first-order chi connectivity index (χ1) is 32.7. The minimum atomic E-state index is -0.466. The van der Waals surface area contributed by atoms with Crippen molar-refractivity contribution in [1.29, 1.82) is 0 Å². The van der Waals surface area contributed by atoms with Crippen LogP contribution in [0.3, 0.4) is 0 Å². The van der Waals surface area contributed by atoms with Gasteiger partial charge in [0.1, 0.15) is 0 Å². The van der Waals surface area contributed by atoms with Crippen LogP contribution >= 0.6 is 0 Å². The molecule has 0 bridgehead atoms. The van der Waals surface area contributed by atoms with Crippen molar-refractivity contribution in [2.75, 3.05) is 32.7 Å². The molecule has 3 nitrogen and oxygen atoms in total. The SMILES string of the molecule is c1ccc(C(CNCC(CNCC(c2ccccc2)(c2ccccc2)c2ccccc2)NCC(c2ccccc2)(c2ccccc2)c2ccccc2)(c2ccccc2)c2ccccc2)cc1. The van der Waals surface area contributed by atoms with Crippen LogP contribution in [0.15, 0.2) is 273 Å². The molecule has 0 radical (unpaired) electrons. The van der Waals surface area contributed by atoms with Crippen molar-refractivity contribution >= 4 is 0 Å². The van der Waals surface area contributed by atoms with Crippen molar-refractivity contribution in [3.63, 3.8) is 0 Å². The fourth-order valence-electron chi connectivity index (χ4n) is 10.3. The zero-order valence-electron chi connectivity index (χ0n) is 37.6. The first kappa shape index (κ1) is 44.1. The van der Waals surface area contributed by atoms with E-state index in [1.165, 1.54) is 50.1 Å². The van der Waals surface area contributed by atoms with E-state index in [1.54, 1.807) is 0 Å². The van der Waals surface area contributed by atoms with Gasteiger partial charge in [0.2, 0.25) is 0 Å². The molecule has 0 aliphatic carbocycles. The first-order valence-corrected chi connectivity index (χ1v) is 23.4. The molecule has 66 heavy (non-hydrogen) atoms. The normalized spacial score (nSPS) is 12.0. The van der Waals surface area contributed by atoms with Gasteiger partial charge in [-0.25, -0.2) is 0 Å². The second-order valence-corrected chi connectivity index (χ2v) is 17.3. The standard InChI is InChI=1S/C63H59N3/c1-10-28-51(29-11-1)61(52-30-12-2-13-31-52,53-32-14-3-15-33-53)48-64-46-60(66-50-63(57-40-22-7-23-41-57,58-42-24-8-25-43-58)59-44-26-9-27-45-59)47-65-49-62(54-34-16-4-17-35-54,55-36-18-5-19-37-55)56-38-20-6-21-39-56/h1-45,60,64-66H,46-50H2. The topological polar surface area (TPSA) is 36.1 Å². The summed E-state index contributed by atoms with van der Waals surface area (Å²) < 4.78 is 0. The maximum Gasteiger partial charge on any atom is 0.0575 e. The molecule has 326 valence electrons. The molecule has 0 amide bonds. The van der Waals surface area contributed by atoms with Crippen LogP contribution < -0.4 is 16.0 Å². The van der Waals surface area contributed by atoms with E-state index in [1.807, 2.05) is 0 Å². The lowest BCUT2D eigenvalue weighted by atomic mass is 9.69. The summed E-state index contributed by atoms with van der Waals surface area (Å²) in [7, 11) is 0. The third kappa shape index (κ3) is 9.20. The molecule has 0 aliphatic heterocycles. The molecule has 0 fully saturated rings. The van der Waals surface area contributed by atoms with Crippen molar-refractivity contribution in [2.45, 2.75) is 22.3 Å². The van der Waals surface area contributed by atoms with Crippen LogP contribution in [-0.2, 0) is 16.2 Å². The second kappa shape index (κ2) is 21.2. The van der Waals surface area contributed by atoms with Gasteiger partial charge in [-0.15, -0.1) is 0 Å². The maximum atomic E-state index is 4.24. The second-order valence-electron chi connectivity index (χ2n) is 17.3. The van der Waals surface area contributed by atoms with E-state index in [0.29, 0.717) is 32.7 Å². The number of hydrogen-bond acceptors (Lipinski definition) is 3. The zero-order chi connectivity index (χ0) is 44.8. The smallest absolute Gasteiger partial charge is 0.0575 e. The Kier molecular flexibility index (Phi) is 14.2. The Morgan fingerprint density at radius 2 is 0.394 bits per heavy atom. The minimum Gasteiger partial charge on any atom is -0.314 e. The van der Waals surface area contributed by atoms with E-state index in [2.05, 4.69) is 289 Å². The Labute approximate surface area is 392 Å². The Bertz CT molecular complexity index is 2350. The predicted molar refractivity (Wildman–Crippen MR) is 275 cm³/mol. The van der Waals surface area contributed by atoms with Crippen LogP contribution in [0.1, 0.15) is 50.1 Å². The van der Waals surface area contributed by atoms with E-state index >= 15 is 0 Å². The molecule has 9 rings (SSSR count). The lowest BCUT2D eigenvalue weighted by Gasteiger charge is -2.39. The number of hydrogen-bond donors (Lipinski definition) is 3. The van der Waals surface area contributed by atoms with Crippen LogP contribution in [0.4, 0.5) is 0 Å². The van der Waals surface area contributed by atoms with E-state index in [0.717, 1.165) is 0 Å². The zero-order valence-corrected chi connectivity index (χ0v) is 37.6. The number of benzene rings is 9. The van der Waals surface area contributed by atoms with Gasteiger partial charge in [0.25, 0.3) is 0 Å². The molecule has 0 unspecified atom stereocenters. The highest BCUT2D eigenvalue weighted by Crippen LogP contribution is 2.41. The Morgan fingerprint density at radius 1 is 0.227 bits per heavy atom. The summed E-state index contributed by atoms with van der Waals surface area (Å²) in [6.07, 6.45) is 0. The van der Waals surface area contributed by atoms with Crippen molar-refractivity contribution in [1.82, 2.24) is 16.0 Å². The summed E-state index contributed by atoms with van der Waals surface area (Å²) in [5.41, 5.74) is 9.95. The molecule has 0 spiro atoms. The Hall–Kier alpha value is -7.14. The lowest BCUT2D eigenvalue weighted by molar-refractivity contribution is 0.393. The Balaban J connectivity index is 1.11. The third-order valence-electron chi connectivity index (χ3n) is 13.6. The highest BCUT2D eigenvalue weighted by atomic mass is 15.0. The van der Waals surface area contributed by atoms with E-state index < -0.39 is 16.2 Å². The van der Waals surface area contributed by atoms with Crippen LogP contribution in [0, 0.1) is 0 Å². The third-order valence-corrected chi connectivity index (χ3v) is 13.6. The van der Waals surface area contributed by atoms with Gasteiger partial charge >= 0.3 is 0 Å². The number of rotatable bonds is 20. The molecule has 9 aromatic carbocycles. The molecule has 0 atom stereocenters. The summed E-state index contributed by atoms with van der Waals surface area (Å²) in [6.45, 7) is 3.51. The predicted octanol–water partition coefficient (Wildman–Crippen LogP) is 12.2. The van der Waals surface area contributed by atoms with Gasteiger partial charge in [0.15, 0.2) is 0 Å². The summed E-state index contributed by atoms with van der Waals surface area (Å²) in [6, 6.07) is 99.1. The van der Waals surface area contributed by atoms with Gasteiger partial charge in [-0.2, -0.15) is 0 Å². The van der Waals surface area contributed by atoms with Gasteiger partial charge in [-0.3, -0.25) is 0 Å². The summed E-state index contributed by atoms with van der Waals surface area (Å²) in [5, 5.41) is 12.5. The fraction of sp³-hybridized carbons (Fsp3) is 0.143. The van der Waals surface area contributed by atoms with Crippen LogP contribution in [0.2, 0.25) is 0 Å². The van der Waals surface area contributed by atoms with Crippen molar-refractivity contribution < 1.29 is 0 Å². The lowest BCUT2D eigenvalue weighted by Crippen LogP contribution is -2.54. The van der Waals surface area contributed by atoms with Crippen molar-refractivity contribution in [2.24, 2.45) is 0 Å². The Morgan fingerprint density at radius 3 is 0.576 bits per heavy atom. The van der Waals surface area contributed by atoms with Gasteiger partial charge < -0.3 is 16.0 Å². The molecule has 3 N–H and O–H groups in total. The monoisotopic (exact) mass is 857 g/mol. The molecule has 0 saturated carbocycles. The van der Waals surface area contributed by atoms with E-state index in [4.69, 9.17) is 0 Å². The molecular weight excluding hydrogens is 799 g/mol. The maximum absolute atomic E-state index is 4.24. The molecule has 0 heterocycles. The van der Waals surface area contributed by atoms with Gasteiger partial charge in [-0.05, 0) is 50.1 Å². The molecule has 0 aromatic heterocycles. The highest BCUT2D eigenvalue weighted by Gasteiger charge is 2.40. The molecule has 0 saturated heterocycles. The highest BCUT2D eigenvalue weighted by molar-refractivity contribution is 5.54. The van der Waals surface area contributed by atoms with Gasteiger partial charge in [0, 0.05) is 38.8 Å². The molecule has 9 aromatic rings. The first-order valence-electron chi connectivity index (χ1n) is 23.4. The summed E-state index contributed by atoms with van der Waals surface area (Å²) >= 11 is 0. The molecular formula is C63H59N3. The summed E-state index contributed by atoms with van der Waals surface area (Å²) in [4.78, 5) is 0.